The molecule has 4 nitrogen and oxygen atoms in total. The molecule has 0 aromatic heterocycles. The van der Waals surface area contributed by atoms with Gasteiger partial charge >= 0.3 is 11.8 Å². The normalized spacial score (nSPS) is 16.1. The smallest absolute Gasteiger partial charge is 0.313 e. The van der Waals surface area contributed by atoms with Gasteiger partial charge in [0.25, 0.3) is 0 Å². The molecule has 6 heteroatoms. The molecule has 114 valence electrons. The Morgan fingerprint density at radius 1 is 0.952 bits per heavy atom. The van der Waals surface area contributed by atoms with E-state index in [9.17, 15) is 18.4 Å². The van der Waals surface area contributed by atoms with Crippen LogP contribution in [0, 0.1) is 11.6 Å². The predicted molar refractivity (Wildman–Crippen MR) is 74.6 cm³/mol. The Kier molecular flexibility index (Phi) is 5.25. The molecule has 1 aliphatic rings. The largest absolute Gasteiger partial charge is 0.345 e. The first-order valence-corrected chi connectivity index (χ1v) is 7.14. The number of hydrogen-bond acceptors (Lipinski definition) is 2. The number of halogens is 2. The Balaban J connectivity index is 1.94. The fourth-order valence-corrected chi connectivity index (χ4v) is 2.46. The summed E-state index contributed by atoms with van der Waals surface area (Å²) in [7, 11) is 0. The van der Waals surface area contributed by atoms with E-state index < -0.39 is 29.1 Å². The van der Waals surface area contributed by atoms with Crippen molar-refractivity contribution in [2.24, 2.45) is 0 Å². The van der Waals surface area contributed by atoms with Gasteiger partial charge in [-0.05, 0) is 25.0 Å². The highest BCUT2D eigenvalue weighted by Gasteiger charge is 2.21. The van der Waals surface area contributed by atoms with Crippen LogP contribution in [0.5, 0.6) is 0 Å². The van der Waals surface area contributed by atoms with E-state index in [4.69, 9.17) is 0 Å². The van der Waals surface area contributed by atoms with Gasteiger partial charge in [0.05, 0.1) is 0 Å². The summed E-state index contributed by atoms with van der Waals surface area (Å²) in [6, 6.07) is 3.17. The zero-order valence-electron chi connectivity index (χ0n) is 11.6. The number of benzene rings is 1. The molecule has 0 unspecified atom stereocenters. The minimum Gasteiger partial charge on any atom is -0.345 e. The van der Waals surface area contributed by atoms with Crippen molar-refractivity contribution in [3.8, 4) is 0 Å². The number of hydrogen-bond donors (Lipinski definition) is 2. The van der Waals surface area contributed by atoms with E-state index in [1.165, 1.54) is 6.07 Å². The van der Waals surface area contributed by atoms with Crippen LogP contribution >= 0.6 is 0 Å². The number of carbonyl (C=O) groups excluding carboxylic acids is 2. The lowest BCUT2D eigenvalue weighted by Crippen LogP contribution is -2.41. The summed E-state index contributed by atoms with van der Waals surface area (Å²) < 4.78 is 26.8. The van der Waals surface area contributed by atoms with Gasteiger partial charge in [0, 0.05) is 6.04 Å². The fraction of sp³-hybridized carbons (Fsp3) is 0.467. The molecule has 0 aliphatic heterocycles. The van der Waals surface area contributed by atoms with Crippen molar-refractivity contribution in [2.45, 2.75) is 44.6 Å². The van der Waals surface area contributed by atoms with E-state index >= 15 is 0 Å². The second-order valence-corrected chi connectivity index (χ2v) is 5.21. The molecule has 1 aliphatic carbocycles. The lowest BCUT2D eigenvalue weighted by atomic mass is 10.1. The molecule has 1 fully saturated rings. The zero-order chi connectivity index (χ0) is 15.2. The Bertz CT molecular complexity index is 506. The molecular weight excluding hydrogens is 278 g/mol. The minimum absolute atomic E-state index is 0.0452. The van der Waals surface area contributed by atoms with Crippen LogP contribution in [0.15, 0.2) is 18.2 Å². The molecule has 0 saturated heterocycles. The molecule has 1 aromatic rings. The summed E-state index contributed by atoms with van der Waals surface area (Å²) in [6.07, 6.45) is 5.92. The number of rotatable bonds is 2. The van der Waals surface area contributed by atoms with Crippen molar-refractivity contribution in [1.82, 2.24) is 5.32 Å². The van der Waals surface area contributed by atoms with E-state index in [1.807, 2.05) is 5.32 Å². The van der Waals surface area contributed by atoms with Crippen molar-refractivity contribution in [3.63, 3.8) is 0 Å². The van der Waals surface area contributed by atoms with E-state index in [2.05, 4.69) is 5.32 Å². The fourth-order valence-electron chi connectivity index (χ4n) is 2.46. The molecule has 2 N–H and O–H groups in total. The lowest BCUT2D eigenvalue weighted by Gasteiger charge is -2.16. The quantitative estimate of drug-likeness (QED) is 0.651. The van der Waals surface area contributed by atoms with Gasteiger partial charge in [0.1, 0.15) is 17.3 Å². The topological polar surface area (TPSA) is 58.2 Å². The average Bonchev–Trinajstić information content (AvgIpc) is 2.71. The van der Waals surface area contributed by atoms with Crippen LogP contribution in [-0.2, 0) is 9.59 Å². The molecule has 0 heterocycles. The maximum absolute atomic E-state index is 13.4. The number of nitrogens with one attached hydrogen (secondary N) is 2. The Morgan fingerprint density at radius 2 is 1.52 bits per heavy atom. The van der Waals surface area contributed by atoms with Crippen LogP contribution in [0.3, 0.4) is 0 Å². The van der Waals surface area contributed by atoms with Crippen LogP contribution < -0.4 is 10.6 Å². The Labute approximate surface area is 121 Å². The highest BCUT2D eigenvalue weighted by molar-refractivity contribution is 6.39. The molecule has 1 aromatic carbocycles. The van der Waals surface area contributed by atoms with E-state index in [0.717, 1.165) is 50.7 Å². The van der Waals surface area contributed by atoms with Gasteiger partial charge in [-0.25, -0.2) is 8.78 Å². The average molecular weight is 296 g/mol. The van der Waals surface area contributed by atoms with Gasteiger partial charge in [-0.2, -0.15) is 0 Å². The molecule has 2 amide bonds. The van der Waals surface area contributed by atoms with Crippen molar-refractivity contribution in [1.29, 1.82) is 0 Å². The second kappa shape index (κ2) is 7.15. The van der Waals surface area contributed by atoms with Crippen molar-refractivity contribution in [2.75, 3.05) is 5.32 Å². The third-order valence-corrected chi connectivity index (χ3v) is 3.60. The summed E-state index contributed by atoms with van der Waals surface area (Å²) in [5, 5.41) is 4.60. The van der Waals surface area contributed by atoms with Gasteiger partial charge in [-0.3, -0.25) is 9.59 Å². The Hall–Kier alpha value is -1.98. The number of anilines is 1. The van der Waals surface area contributed by atoms with E-state index in [0.29, 0.717) is 0 Å². The molecule has 1 saturated carbocycles. The summed E-state index contributed by atoms with van der Waals surface area (Å²) >= 11 is 0. The predicted octanol–water partition coefficient (Wildman–Crippen LogP) is 2.74. The first-order valence-electron chi connectivity index (χ1n) is 7.14. The summed E-state index contributed by atoms with van der Waals surface area (Å²) in [5.74, 6) is -3.73. The number of para-hydroxylation sites is 1. The maximum atomic E-state index is 13.4. The van der Waals surface area contributed by atoms with Gasteiger partial charge in [0.2, 0.25) is 0 Å². The van der Waals surface area contributed by atoms with Crippen molar-refractivity contribution >= 4 is 17.5 Å². The van der Waals surface area contributed by atoms with Gasteiger partial charge in [-0.15, -0.1) is 0 Å². The molecular formula is C15H18F2N2O2. The van der Waals surface area contributed by atoms with Crippen LogP contribution in [0.1, 0.15) is 38.5 Å². The van der Waals surface area contributed by atoms with Crippen molar-refractivity contribution < 1.29 is 18.4 Å². The zero-order valence-corrected chi connectivity index (χ0v) is 11.6. The molecule has 0 bridgehead atoms. The first kappa shape index (κ1) is 15.4. The number of carbonyl (C=O) groups is 2. The van der Waals surface area contributed by atoms with Crippen molar-refractivity contribution in [3.05, 3.63) is 29.8 Å². The van der Waals surface area contributed by atoms with Crippen LogP contribution in [-0.4, -0.2) is 17.9 Å². The Morgan fingerprint density at radius 3 is 2.10 bits per heavy atom. The monoisotopic (exact) mass is 296 g/mol. The number of amides is 2. The van der Waals surface area contributed by atoms with Crippen LogP contribution in [0.4, 0.5) is 14.5 Å². The van der Waals surface area contributed by atoms with Crippen LogP contribution in [0.25, 0.3) is 0 Å². The van der Waals surface area contributed by atoms with E-state index in [-0.39, 0.29) is 6.04 Å². The standard InChI is InChI=1S/C15H18F2N2O2/c16-11-8-5-9-12(17)13(11)19-15(21)14(20)18-10-6-3-1-2-4-7-10/h5,8-10H,1-4,6-7H2,(H,18,20)(H,19,21). The minimum atomic E-state index is -1.05. The third kappa shape index (κ3) is 4.24. The van der Waals surface area contributed by atoms with Gasteiger partial charge in [0.15, 0.2) is 0 Å². The van der Waals surface area contributed by atoms with Gasteiger partial charge < -0.3 is 10.6 Å². The summed E-state index contributed by atoms with van der Waals surface area (Å²) in [4.78, 5) is 23.5. The van der Waals surface area contributed by atoms with E-state index in [1.54, 1.807) is 0 Å². The summed E-state index contributed by atoms with van der Waals surface area (Å²) in [5.41, 5.74) is -0.599. The molecule has 0 spiro atoms. The van der Waals surface area contributed by atoms with Crippen LogP contribution in [0.2, 0.25) is 0 Å². The summed E-state index contributed by atoms with van der Waals surface area (Å²) in [6.45, 7) is 0. The third-order valence-electron chi connectivity index (χ3n) is 3.60. The molecule has 0 atom stereocenters. The highest BCUT2D eigenvalue weighted by Crippen LogP contribution is 2.19. The first-order chi connectivity index (χ1) is 10.1. The van der Waals surface area contributed by atoms with Gasteiger partial charge in [-0.1, -0.05) is 31.7 Å². The SMILES string of the molecule is O=C(Nc1c(F)cccc1F)C(=O)NC1CCCCCC1. The molecule has 0 radical (unpaired) electrons. The molecule has 2 rings (SSSR count). The maximum Gasteiger partial charge on any atom is 0.313 e. The second-order valence-electron chi connectivity index (χ2n) is 5.21. The highest BCUT2D eigenvalue weighted by atomic mass is 19.1. The molecule has 21 heavy (non-hydrogen) atoms. The lowest BCUT2D eigenvalue weighted by molar-refractivity contribution is -0.136.